The molecule has 1 amide bonds. The number of aromatic nitrogens is 2. The van der Waals surface area contributed by atoms with Crippen LogP contribution >= 0.6 is 0 Å². The summed E-state index contributed by atoms with van der Waals surface area (Å²) in [5.41, 5.74) is -0.580. The number of carbonyl (C=O) groups is 1. The number of rotatable bonds is 4. The van der Waals surface area contributed by atoms with Gasteiger partial charge in [0.2, 0.25) is 0 Å². The molecule has 6 nitrogen and oxygen atoms in total. The fourth-order valence-corrected chi connectivity index (χ4v) is 3.49. The van der Waals surface area contributed by atoms with E-state index in [0.29, 0.717) is 16.8 Å². The molecule has 0 aliphatic carbocycles. The van der Waals surface area contributed by atoms with Gasteiger partial charge in [0.15, 0.2) is 5.69 Å². The first kappa shape index (κ1) is 22.1. The van der Waals surface area contributed by atoms with Gasteiger partial charge in [0, 0.05) is 19.5 Å². The molecule has 0 bridgehead atoms. The lowest BCUT2D eigenvalue weighted by Gasteiger charge is -2.20. The molecular formula is C24H19F3N4O2. The Bertz CT molecular complexity index is 1400. The average molecular weight is 452 g/mol. The zero-order valence-corrected chi connectivity index (χ0v) is 17.7. The molecule has 0 saturated heterocycles. The molecule has 0 aliphatic rings. The highest BCUT2D eigenvalue weighted by molar-refractivity contribution is 6.12. The standard InChI is InChI=1S/C24H19F3N4O2/c1-30(2)20-13-12-15(24(25,26)27)14-19(20)28-22(32)21-17-10-6-7-11-18(17)23(33)31(29-21)16-8-4-3-5-9-16/h3-14H,1-2H3,(H,28,32). The van der Waals surface area contributed by atoms with Crippen molar-refractivity contribution < 1.29 is 18.0 Å². The van der Waals surface area contributed by atoms with E-state index in [1.807, 2.05) is 0 Å². The molecule has 0 saturated carbocycles. The number of alkyl halides is 3. The molecule has 0 unspecified atom stereocenters. The van der Waals surface area contributed by atoms with Gasteiger partial charge >= 0.3 is 6.18 Å². The zero-order chi connectivity index (χ0) is 23.8. The zero-order valence-electron chi connectivity index (χ0n) is 17.7. The van der Waals surface area contributed by atoms with Gasteiger partial charge in [-0.05, 0) is 36.4 Å². The fraction of sp³-hybridized carbons (Fsp3) is 0.125. The van der Waals surface area contributed by atoms with Crippen LogP contribution < -0.4 is 15.8 Å². The first-order valence-corrected chi connectivity index (χ1v) is 9.94. The van der Waals surface area contributed by atoms with Crippen molar-refractivity contribution in [2.24, 2.45) is 0 Å². The third-order valence-corrected chi connectivity index (χ3v) is 5.07. The van der Waals surface area contributed by atoms with Crippen molar-refractivity contribution >= 4 is 28.1 Å². The van der Waals surface area contributed by atoms with E-state index in [2.05, 4.69) is 10.4 Å². The number of anilines is 2. The Labute approximate surface area is 186 Å². The molecule has 4 aromatic rings. The van der Waals surface area contributed by atoms with Gasteiger partial charge in [0.05, 0.1) is 28.0 Å². The highest BCUT2D eigenvalue weighted by Gasteiger charge is 2.31. The minimum atomic E-state index is -4.57. The first-order chi connectivity index (χ1) is 15.7. The molecule has 0 radical (unpaired) electrons. The van der Waals surface area contributed by atoms with Gasteiger partial charge in [-0.15, -0.1) is 0 Å². The molecule has 0 spiro atoms. The normalized spacial score (nSPS) is 11.4. The lowest BCUT2D eigenvalue weighted by atomic mass is 10.1. The van der Waals surface area contributed by atoms with E-state index in [0.717, 1.165) is 16.8 Å². The highest BCUT2D eigenvalue weighted by Crippen LogP contribution is 2.35. The summed E-state index contributed by atoms with van der Waals surface area (Å²) < 4.78 is 40.9. The van der Waals surface area contributed by atoms with Gasteiger partial charge in [-0.1, -0.05) is 36.4 Å². The van der Waals surface area contributed by atoms with Gasteiger partial charge in [0.1, 0.15) is 0 Å². The summed E-state index contributed by atoms with van der Waals surface area (Å²) in [5.74, 6) is -0.738. The second-order valence-electron chi connectivity index (χ2n) is 7.52. The van der Waals surface area contributed by atoms with Crippen molar-refractivity contribution in [3.63, 3.8) is 0 Å². The van der Waals surface area contributed by atoms with E-state index >= 15 is 0 Å². The van der Waals surface area contributed by atoms with Gasteiger partial charge in [0.25, 0.3) is 11.5 Å². The summed E-state index contributed by atoms with van der Waals surface area (Å²) >= 11 is 0. The Morgan fingerprint density at radius 3 is 2.21 bits per heavy atom. The van der Waals surface area contributed by atoms with Crippen LogP contribution in [0, 0.1) is 0 Å². The average Bonchev–Trinajstić information content (AvgIpc) is 2.79. The smallest absolute Gasteiger partial charge is 0.376 e. The van der Waals surface area contributed by atoms with E-state index in [9.17, 15) is 22.8 Å². The lowest BCUT2D eigenvalue weighted by Crippen LogP contribution is -2.27. The number of hydrogen-bond donors (Lipinski definition) is 1. The van der Waals surface area contributed by atoms with Crippen LogP contribution in [0.4, 0.5) is 24.5 Å². The molecule has 9 heteroatoms. The molecule has 0 aliphatic heterocycles. The van der Waals surface area contributed by atoms with E-state index < -0.39 is 23.2 Å². The molecule has 4 rings (SSSR count). The summed E-state index contributed by atoms with van der Waals surface area (Å²) in [7, 11) is 3.31. The number of carbonyl (C=O) groups excluding carboxylic acids is 1. The number of halogens is 3. The molecule has 1 N–H and O–H groups in total. The van der Waals surface area contributed by atoms with Crippen molar-refractivity contribution in [1.82, 2.24) is 9.78 Å². The Hall–Kier alpha value is -4.14. The SMILES string of the molecule is CN(C)c1ccc(C(F)(F)F)cc1NC(=O)c1nn(-c2ccccc2)c(=O)c2ccccc12. The third-order valence-electron chi connectivity index (χ3n) is 5.07. The number of nitrogens with zero attached hydrogens (tertiary/aromatic N) is 3. The summed E-state index contributed by atoms with van der Waals surface area (Å²) in [6.45, 7) is 0. The second-order valence-corrected chi connectivity index (χ2v) is 7.52. The van der Waals surface area contributed by atoms with Gasteiger partial charge < -0.3 is 10.2 Å². The van der Waals surface area contributed by atoms with Crippen LogP contribution in [0.5, 0.6) is 0 Å². The van der Waals surface area contributed by atoms with Crippen LogP contribution in [0.2, 0.25) is 0 Å². The molecular weight excluding hydrogens is 433 g/mol. The molecule has 1 aromatic heterocycles. The summed E-state index contributed by atoms with van der Waals surface area (Å²) in [4.78, 5) is 27.9. The number of benzene rings is 3. The molecule has 3 aromatic carbocycles. The Morgan fingerprint density at radius 2 is 1.58 bits per heavy atom. The number of amides is 1. The van der Waals surface area contributed by atoms with Crippen LogP contribution in [0.1, 0.15) is 16.1 Å². The van der Waals surface area contributed by atoms with E-state index in [4.69, 9.17) is 0 Å². The number of hydrogen-bond acceptors (Lipinski definition) is 4. The number of fused-ring (bicyclic) bond motifs is 1. The van der Waals surface area contributed by atoms with E-state index in [-0.39, 0.29) is 16.8 Å². The minimum absolute atomic E-state index is 0.0248. The summed E-state index contributed by atoms with van der Waals surface area (Å²) in [6.07, 6.45) is -4.57. The predicted molar refractivity (Wildman–Crippen MR) is 121 cm³/mol. The highest BCUT2D eigenvalue weighted by atomic mass is 19.4. The first-order valence-electron chi connectivity index (χ1n) is 9.94. The van der Waals surface area contributed by atoms with Crippen molar-refractivity contribution in [1.29, 1.82) is 0 Å². The molecule has 33 heavy (non-hydrogen) atoms. The maximum Gasteiger partial charge on any atom is 0.416 e. The van der Waals surface area contributed by atoms with E-state index in [1.54, 1.807) is 73.6 Å². The van der Waals surface area contributed by atoms with Crippen molar-refractivity contribution in [2.75, 3.05) is 24.3 Å². The Kier molecular flexibility index (Phi) is 5.63. The van der Waals surface area contributed by atoms with Gasteiger partial charge in [-0.2, -0.15) is 23.0 Å². The van der Waals surface area contributed by atoms with Crippen LogP contribution in [0.15, 0.2) is 77.6 Å². The van der Waals surface area contributed by atoms with Crippen molar-refractivity contribution in [3.05, 3.63) is 94.4 Å². The maximum absolute atomic E-state index is 13.3. The van der Waals surface area contributed by atoms with Crippen molar-refractivity contribution in [2.45, 2.75) is 6.18 Å². The Balaban J connectivity index is 1.86. The Morgan fingerprint density at radius 1 is 0.939 bits per heavy atom. The van der Waals surface area contributed by atoms with Crippen LogP contribution in [0.25, 0.3) is 16.5 Å². The molecule has 1 heterocycles. The quantitative estimate of drug-likeness (QED) is 0.487. The maximum atomic E-state index is 13.3. The van der Waals surface area contributed by atoms with Crippen LogP contribution in [-0.4, -0.2) is 29.8 Å². The minimum Gasteiger partial charge on any atom is -0.376 e. The molecule has 168 valence electrons. The fourth-order valence-electron chi connectivity index (χ4n) is 3.49. The second kappa shape index (κ2) is 8.42. The monoisotopic (exact) mass is 452 g/mol. The van der Waals surface area contributed by atoms with Gasteiger partial charge in [-0.25, -0.2) is 0 Å². The summed E-state index contributed by atoms with van der Waals surface area (Å²) in [6, 6.07) is 18.2. The number of para-hydroxylation sites is 1. The van der Waals surface area contributed by atoms with Crippen LogP contribution in [0.3, 0.4) is 0 Å². The third kappa shape index (κ3) is 4.30. The lowest BCUT2D eigenvalue weighted by molar-refractivity contribution is -0.137. The van der Waals surface area contributed by atoms with Crippen molar-refractivity contribution in [3.8, 4) is 5.69 Å². The van der Waals surface area contributed by atoms with Crippen LogP contribution in [-0.2, 0) is 6.18 Å². The van der Waals surface area contributed by atoms with Gasteiger partial charge in [-0.3, -0.25) is 9.59 Å². The van der Waals surface area contributed by atoms with E-state index in [1.165, 1.54) is 6.07 Å². The molecule has 0 atom stereocenters. The largest absolute Gasteiger partial charge is 0.416 e. The summed E-state index contributed by atoms with van der Waals surface area (Å²) in [5, 5.41) is 7.38. The topological polar surface area (TPSA) is 67.2 Å². The molecule has 0 fully saturated rings. The predicted octanol–water partition coefficient (Wildman–Crippen LogP) is 4.72. The number of nitrogens with one attached hydrogen (secondary N) is 1.